The molecule has 1 atom stereocenters. The minimum atomic E-state index is -0.424. The molecule has 1 rings (SSSR count). The van der Waals surface area contributed by atoms with Gasteiger partial charge in [-0.2, -0.15) is 0 Å². The van der Waals surface area contributed by atoms with Crippen LogP contribution < -0.4 is 5.32 Å². The van der Waals surface area contributed by atoms with Crippen molar-refractivity contribution in [3.8, 4) is 0 Å². The zero-order valence-corrected chi connectivity index (χ0v) is 12.3. The number of likely N-dealkylation sites (N-methyl/N-ethyl adjacent to an activating group) is 1. The van der Waals surface area contributed by atoms with Gasteiger partial charge in [-0.3, -0.25) is 14.9 Å². The van der Waals surface area contributed by atoms with Gasteiger partial charge in [0.25, 0.3) is 5.69 Å². The second kappa shape index (κ2) is 8.55. The Morgan fingerprint density at radius 1 is 1.45 bits per heavy atom. The number of carbonyl (C=O) groups is 1. The van der Waals surface area contributed by atoms with Gasteiger partial charge in [-0.15, -0.1) is 11.8 Å². The summed E-state index contributed by atoms with van der Waals surface area (Å²) in [5, 5.41) is 13.4. The number of nitrogens with one attached hydrogen (secondary N) is 1. The molecule has 0 radical (unpaired) electrons. The van der Waals surface area contributed by atoms with Crippen molar-refractivity contribution in [1.82, 2.24) is 5.32 Å². The molecule has 0 fully saturated rings. The summed E-state index contributed by atoms with van der Waals surface area (Å²) in [6.45, 7) is 2.14. The Hall–Kier alpha value is -1.60. The van der Waals surface area contributed by atoms with E-state index in [1.165, 1.54) is 12.1 Å². The molecule has 1 aromatic carbocycles. The van der Waals surface area contributed by atoms with E-state index in [2.05, 4.69) is 5.32 Å². The highest BCUT2D eigenvalue weighted by atomic mass is 32.2. The Morgan fingerprint density at radius 3 is 2.60 bits per heavy atom. The summed E-state index contributed by atoms with van der Waals surface area (Å²) in [7, 11) is 1.72. The first-order valence-corrected chi connectivity index (χ1v) is 7.28. The van der Waals surface area contributed by atoms with Gasteiger partial charge < -0.3 is 10.1 Å². The average molecular weight is 298 g/mol. The number of rotatable bonds is 8. The van der Waals surface area contributed by atoms with Gasteiger partial charge in [0, 0.05) is 22.8 Å². The summed E-state index contributed by atoms with van der Waals surface area (Å²) in [6, 6.07) is 6.05. The molecule has 0 bridgehead atoms. The zero-order chi connectivity index (χ0) is 15.0. The minimum Gasteiger partial charge on any atom is -0.465 e. The topological polar surface area (TPSA) is 81.5 Å². The molecule has 7 heteroatoms. The Bertz CT molecular complexity index is 450. The fraction of sp³-hybridized carbons (Fsp3) is 0.462. The van der Waals surface area contributed by atoms with Crippen molar-refractivity contribution in [3.05, 3.63) is 34.4 Å². The van der Waals surface area contributed by atoms with Gasteiger partial charge in [-0.05, 0) is 32.5 Å². The third-order valence-electron chi connectivity index (χ3n) is 2.64. The lowest BCUT2D eigenvalue weighted by Crippen LogP contribution is -2.36. The maximum absolute atomic E-state index is 11.6. The molecule has 0 heterocycles. The first-order chi connectivity index (χ1) is 9.58. The van der Waals surface area contributed by atoms with Crippen LogP contribution in [0.3, 0.4) is 0 Å². The van der Waals surface area contributed by atoms with Crippen LogP contribution in [0.2, 0.25) is 0 Å². The average Bonchev–Trinajstić information content (AvgIpc) is 2.44. The van der Waals surface area contributed by atoms with Crippen molar-refractivity contribution in [2.45, 2.75) is 24.3 Å². The zero-order valence-electron chi connectivity index (χ0n) is 11.5. The van der Waals surface area contributed by atoms with E-state index in [1.54, 1.807) is 37.9 Å². The van der Waals surface area contributed by atoms with Gasteiger partial charge in [0.15, 0.2) is 0 Å². The van der Waals surface area contributed by atoms with Crippen LogP contribution in [0.1, 0.15) is 13.3 Å². The molecule has 0 aliphatic carbocycles. The largest absolute Gasteiger partial charge is 0.465 e. The lowest BCUT2D eigenvalue weighted by molar-refractivity contribution is -0.384. The van der Waals surface area contributed by atoms with E-state index in [0.29, 0.717) is 13.0 Å². The van der Waals surface area contributed by atoms with Crippen molar-refractivity contribution >= 4 is 23.4 Å². The summed E-state index contributed by atoms with van der Waals surface area (Å²) < 4.78 is 4.95. The quantitative estimate of drug-likeness (QED) is 0.343. The monoisotopic (exact) mass is 298 g/mol. The molecular formula is C13H18N2O4S. The van der Waals surface area contributed by atoms with Crippen LogP contribution in [0, 0.1) is 10.1 Å². The molecule has 1 N–H and O–H groups in total. The van der Waals surface area contributed by atoms with Crippen molar-refractivity contribution in [1.29, 1.82) is 0 Å². The Kier molecular flexibility index (Phi) is 7.03. The number of hydrogen-bond acceptors (Lipinski definition) is 6. The van der Waals surface area contributed by atoms with Crippen LogP contribution in [-0.4, -0.2) is 36.3 Å². The van der Waals surface area contributed by atoms with Crippen molar-refractivity contribution in [3.63, 3.8) is 0 Å². The molecule has 20 heavy (non-hydrogen) atoms. The van der Waals surface area contributed by atoms with Crippen molar-refractivity contribution in [2.75, 3.05) is 19.4 Å². The third-order valence-corrected chi connectivity index (χ3v) is 3.69. The van der Waals surface area contributed by atoms with E-state index in [0.717, 1.165) is 10.6 Å². The summed E-state index contributed by atoms with van der Waals surface area (Å²) >= 11 is 1.55. The third kappa shape index (κ3) is 5.18. The summed E-state index contributed by atoms with van der Waals surface area (Å²) in [5.41, 5.74) is 0.0778. The molecule has 0 saturated heterocycles. The molecule has 0 aliphatic rings. The summed E-state index contributed by atoms with van der Waals surface area (Å²) in [4.78, 5) is 22.6. The molecule has 110 valence electrons. The lowest BCUT2D eigenvalue weighted by Gasteiger charge is -2.14. The fourth-order valence-corrected chi connectivity index (χ4v) is 2.50. The SMILES string of the molecule is CCOC(=O)C(CCSc1ccc([N+](=O)[O-])cc1)NC. The lowest BCUT2D eigenvalue weighted by atomic mass is 10.2. The number of nitrogens with zero attached hydrogens (tertiary/aromatic N) is 1. The number of nitro groups is 1. The Labute approximate surface area is 122 Å². The minimum absolute atomic E-state index is 0.0778. The van der Waals surface area contributed by atoms with Crippen LogP contribution in [0.15, 0.2) is 29.2 Å². The van der Waals surface area contributed by atoms with E-state index in [1.807, 2.05) is 0 Å². The number of non-ortho nitro benzene ring substituents is 1. The molecule has 0 aromatic heterocycles. The van der Waals surface area contributed by atoms with Crippen molar-refractivity contribution < 1.29 is 14.5 Å². The summed E-state index contributed by atoms with van der Waals surface area (Å²) in [6.07, 6.45) is 0.636. The van der Waals surface area contributed by atoms with Gasteiger partial charge in [0.2, 0.25) is 0 Å². The number of esters is 1. The van der Waals surface area contributed by atoms with Gasteiger partial charge in [-0.25, -0.2) is 0 Å². The van der Waals surface area contributed by atoms with Gasteiger partial charge in [0.1, 0.15) is 6.04 Å². The van der Waals surface area contributed by atoms with E-state index in [9.17, 15) is 14.9 Å². The first-order valence-electron chi connectivity index (χ1n) is 6.29. The van der Waals surface area contributed by atoms with E-state index >= 15 is 0 Å². The smallest absolute Gasteiger partial charge is 0.323 e. The maximum Gasteiger partial charge on any atom is 0.323 e. The molecule has 1 unspecified atom stereocenters. The number of ether oxygens (including phenoxy) is 1. The standard InChI is InChI=1S/C13H18N2O4S/c1-3-19-13(16)12(14-2)8-9-20-11-6-4-10(5-7-11)15(17)18/h4-7,12,14H,3,8-9H2,1-2H3. The first kappa shape index (κ1) is 16.5. The van der Waals surface area contributed by atoms with E-state index in [-0.39, 0.29) is 17.7 Å². The molecule has 0 saturated carbocycles. The van der Waals surface area contributed by atoms with E-state index < -0.39 is 4.92 Å². The second-order valence-corrected chi connectivity index (χ2v) is 5.15. The highest BCUT2D eigenvalue weighted by Crippen LogP contribution is 2.22. The van der Waals surface area contributed by atoms with Crippen LogP contribution in [0.5, 0.6) is 0 Å². The maximum atomic E-state index is 11.6. The van der Waals surface area contributed by atoms with Crippen LogP contribution >= 0.6 is 11.8 Å². The highest BCUT2D eigenvalue weighted by Gasteiger charge is 2.17. The molecular weight excluding hydrogens is 280 g/mol. The van der Waals surface area contributed by atoms with Crippen LogP contribution in [0.25, 0.3) is 0 Å². The number of hydrogen-bond donors (Lipinski definition) is 1. The molecule has 6 nitrogen and oxygen atoms in total. The van der Waals surface area contributed by atoms with Crippen LogP contribution in [-0.2, 0) is 9.53 Å². The van der Waals surface area contributed by atoms with Crippen molar-refractivity contribution in [2.24, 2.45) is 0 Å². The fourth-order valence-electron chi connectivity index (χ4n) is 1.58. The highest BCUT2D eigenvalue weighted by molar-refractivity contribution is 7.99. The number of thioether (sulfide) groups is 1. The summed E-state index contributed by atoms with van der Waals surface area (Å²) in [5.74, 6) is 0.474. The molecule has 0 aliphatic heterocycles. The molecule has 0 amide bonds. The van der Waals surface area contributed by atoms with E-state index in [4.69, 9.17) is 4.74 Å². The number of benzene rings is 1. The Balaban J connectivity index is 2.42. The predicted molar refractivity (Wildman–Crippen MR) is 77.9 cm³/mol. The van der Waals surface area contributed by atoms with Gasteiger partial charge in [-0.1, -0.05) is 0 Å². The second-order valence-electron chi connectivity index (χ2n) is 3.98. The normalized spacial score (nSPS) is 11.9. The van der Waals surface area contributed by atoms with Gasteiger partial charge >= 0.3 is 5.97 Å². The number of nitro benzene ring substituents is 1. The number of carbonyl (C=O) groups excluding carboxylic acids is 1. The predicted octanol–water partition coefficient (Wildman–Crippen LogP) is 2.23. The van der Waals surface area contributed by atoms with Crippen LogP contribution in [0.4, 0.5) is 5.69 Å². The molecule has 1 aromatic rings. The van der Waals surface area contributed by atoms with Gasteiger partial charge in [0.05, 0.1) is 11.5 Å². The Morgan fingerprint density at radius 2 is 2.10 bits per heavy atom. The molecule has 0 spiro atoms.